The number of ether oxygens (including phenoxy) is 2. The van der Waals surface area contributed by atoms with Gasteiger partial charge in [-0.3, -0.25) is 9.59 Å². The van der Waals surface area contributed by atoms with Crippen LogP contribution in [0.1, 0.15) is 16.9 Å². The van der Waals surface area contributed by atoms with Crippen LogP contribution in [-0.2, 0) is 11.3 Å². The summed E-state index contributed by atoms with van der Waals surface area (Å²) in [5, 5.41) is 6.97. The minimum absolute atomic E-state index is 0.221. The minimum Gasteiger partial charge on any atom is -0.492 e. The Morgan fingerprint density at radius 2 is 2.12 bits per heavy atom. The highest BCUT2D eigenvalue weighted by atomic mass is 16.5. The molecule has 0 saturated carbocycles. The van der Waals surface area contributed by atoms with Crippen molar-refractivity contribution in [3.63, 3.8) is 0 Å². The third kappa shape index (κ3) is 4.90. The van der Waals surface area contributed by atoms with Crippen LogP contribution in [0.25, 0.3) is 0 Å². The number of carbonyl (C=O) groups excluding carboxylic acids is 1. The van der Waals surface area contributed by atoms with E-state index >= 15 is 0 Å². The second-order valence-corrected chi connectivity index (χ2v) is 5.88. The second-order valence-electron chi connectivity index (χ2n) is 5.88. The average molecular weight is 343 g/mol. The molecular weight excluding hydrogens is 322 g/mol. The minimum atomic E-state index is -0.287. The number of rotatable bonds is 7. The Morgan fingerprint density at radius 1 is 1.28 bits per heavy atom. The SMILES string of the molecule is O=C(NCC1CCOC1)c1ccc(=O)n(CCOc2ccccc2)n1. The summed E-state index contributed by atoms with van der Waals surface area (Å²) in [7, 11) is 0. The van der Waals surface area contributed by atoms with Gasteiger partial charge in [-0.15, -0.1) is 0 Å². The van der Waals surface area contributed by atoms with Gasteiger partial charge in [-0.25, -0.2) is 4.68 Å². The first-order valence-corrected chi connectivity index (χ1v) is 8.34. The molecule has 3 rings (SSSR count). The molecule has 2 aromatic rings. The Bertz CT molecular complexity index is 754. The molecule has 1 aliphatic heterocycles. The molecule has 1 fully saturated rings. The molecular formula is C18H21N3O4. The Morgan fingerprint density at radius 3 is 2.88 bits per heavy atom. The largest absolute Gasteiger partial charge is 0.492 e. The lowest BCUT2D eigenvalue weighted by Gasteiger charge is -2.11. The number of hydrogen-bond donors (Lipinski definition) is 1. The molecule has 1 aromatic carbocycles. The lowest BCUT2D eigenvalue weighted by molar-refractivity contribution is 0.0937. The molecule has 25 heavy (non-hydrogen) atoms. The quantitative estimate of drug-likeness (QED) is 0.814. The molecule has 2 heterocycles. The predicted molar refractivity (Wildman–Crippen MR) is 91.7 cm³/mol. The number of amides is 1. The van der Waals surface area contributed by atoms with Gasteiger partial charge in [0.25, 0.3) is 11.5 Å². The van der Waals surface area contributed by atoms with E-state index in [2.05, 4.69) is 10.4 Å². The van der Waals surface area contributed by atoms with Crippen molar-refractivity contribution in [1.82, 2.24) is 15.1 Å². The molecule has 1 atom stereocenters. The first-order chi connectivity index (χ1) is 12.2. The molecule has 1 saturated heterocycles. The smallest absolute Gasteiger partial charge is 0.271 e. The first-order valence-electron chi connectivity index (χ1n) is 8.34. The maximum Gasteiger partial charge on any atom is 0.271 e. The van der Waals surface area contributed by atoms with Crippen molar-refractivity contribution in [2.75, 3.05) is 26.4 Å². The van der Waals surface area contributed by atoms with E-state index in [9.17, 15) is 9.59 Å². The van der Waals surface area contributed by atoms with Crippen molar-refractivity contribution in [3.05, 3.63) is 58.5 Å². The summed E-state index contributed by atoms with van der Waals surface area (Å²) in [5.74, 6) is 0.780. The molecule has 0 bridgehead atoms. The third-order valence-electron chi connectivity index (χ3n) is 3.99. The Hall–Kier alpha value is -2.67. The maximum atomic E-state index is 12.2. The fraction of sp³-hybridized carbons (Fsp3) is 0.389. The van der Waals surface area contributed by atoms with E-state index in [1.54, 1.807) is 0 Å². The average Bonchev–Trinajstić information content (AvgIpc) is 3.16. The fourth-order valence-corrected chi connectivity index (χ4v) is 2.57. The highest BCUT2D eigenvalue weighted by Gasteiger charge is 2.17. The Kier molecular flexibility index (Phi) is 5.79. The first kappa shape index (κ1) is 17.2. The van der Waals surface area contributed by atoms with Gasteiger partial charge in [0.2, 0.25) is 0 Å². The van der Waals surface area contributed by atoms with Gasteiger partial charge in [-0.2, -0.15) is 5.10 Å². The lowest BCUT2D eigenvalue weighted by atomic mass is 10.1. The van der Waals surface area contributed by atoms with Gasteiger partial charge in [0.1, 0.15) is 18.1 Å². The summed E-state index contributed by atoms with van der Waals surface area (Å²) >= 11 is 0. The molecule has 7 nitrogen and oxygen atoms in total. The van der Waals surface area contributed by atoms with Crippen molar-refractivity contribution in [2.24, 2.45) is 5.92 Å². The summed E-state index contributed by atoms with van der Waals surface area (Å²) in [6.45, 7) is 2.53. The zero-order valence-corrected chi connectivity index (χ0v) is 13.9. The number of nitrogens with zero attached hydrogens (tertiary/aromatic N) is 2. The van der Waals surface area contributed by atoms with Crippen LogP contribution < -0.4 is 15.6 Å². The molecule has 1 aromatic heterocycles. The fourth-order valence-electron chi connectivity index (χ4n) is 2.57. The normalized spacial score (nSPS) is 16.6. The number of nitrogens with one attached hydrogen (secondary N) is 1. The van der Waals surface area contributed by atoms with Gasteiger partial charge in [0.05, 0.1) is 13.2 Å². The lowest BCUT2D eigenvalue weighted by Crippen LogP contribution is -2.33. The van der Waals surface area contributed by atoms with Crippen LogP contribution in [0.4, 0.5) is 0 Å². The summed E-state index contributed by atoms with van der Waals surface area (Å²) in [6.07, 6.45) is 0.948. The van der Waals surface area contributed by atoms with Gasteiger partial charge < -0.3 is 14.8 Å². The molecule has 1 N–H and O–H groups in total. The Labute approximate surface area is 145 Å². The van der Waals surface area contributed by atoms with E-state index in [1.165, 1.54) is 16.8 Å². The predicted octanol–water partition coefficient (Wildman–Crippen LogP) is 1.09. The highest BCUT2D eigenvalue weighted by molar-refractivity contribution is 5.91. The van der Waals surface area contributed by atoms with Crippen molar-refractivity contribution in [2.45, 2.75) is 13.0 Å². The molecule has 1 aliphatic rings. The molecule has 1 amide bonds. The third-order valence-corrected chi connectivity index (χ3v) is 3.99. The van der Waals surface area contributed by atoms with Crippen molar-refractivity contribution in [1.29, 1.82) is 0 Å². The number of carbonyl (C=O) groups is 1. The number of benzene rings is 1. The van der Waals surface area contributed by atoms with E-state index in [4.69, 9.17) is 9.47 Å². The van der Waals surface area contributed by atoms with E-state index in [0.29, 0.717) is 25.7 Å². The van der Waals surface area contributed by atoms with Gasteiger partial charge in [-0.1, -0.05) is 18.2 Å². The summed E-state index contributed by atoms with van der Waals surface area (Å²) in [6, 6.07) is 12.1. The van der Waals surface area contributed by atoms with Crippen LogP contribution in [0, 0.1) is 5.92 Å². The molecule has 132 valence electrons. The van der Waals surface area contributed by atoms with E-state index in [-0.39, 0.29) is 23.7 Å². The van der Waals surface area contributed by atoms with Gasteiger partial charge in [0.15, 0.2) is 0 Å². The summed E-state index contributed by atoms with van der Waals surface area (Å²) in [4.78, 5) is 24.1. The standard InChI is InChI=1S/C18H21N3O4/c22-17-7-6-16(18(23)19-12-14-8-10-24-13-14)20-21(17)9-11-25-15-4-2-1-3-5-15/h1-7,14H,8-13H2,(H,19,23). The summed E-state index contributed by atoms with van der Waals surface area (Å²) in [5.41, 5.74) is -0.0457. The van der Waals surface area contributed by atoms with Crippen LogP contribution in [0.15, 0.2) is 47.3 Å². The highest BCUT2D eigenvalue weighted by Crippen LogP contribution is 2.10. The molecule has 0 aliphatic carbocycles. The maximum absolute atomic E-state index is 12.2. The topological polar surface area (TPSA) is 82.5 Å². The van der Waals surface area contributed by atoms with Crippen LogP contribution in [0.2, 0.25) is 0 Å². The second kappa shape index (κ2) is 8.43. The monoisotopic (exact) mass is 343 g/mol. The molecule has 7 heteroatoms. The molecule has 0 spiro atoms. The summed E-state index contributed by atoms with van der Waals surface area (Å²) < 4.78 is 12.1. The van der Waals surface area contributed by atoms with Gasteiger partial charge in [-0.05, 0) is 24.6 Å². The Balaban J connectivity index is 1.55. The van der Waals surface area contributed by atoms with E-state index in [1.807, 2.05) is 30.3 Å². The van der Waals surface area contributed by atoms with Crippen molar-refractivity contribution < 1.29 is 14.3 Å². The van der Waals surface area contributed by atoms with Crippen molar-refractivity contribution in [3.8, 4) is 5.75 Å². The molecule has 1 unspecified atom stereocenters. The number of hydrogen-bond acceptors (Lipinski definition) is 5. The van der Waals surface area contributed by atoms with Crippen LogP contribution in [0.5, 0.6) is 5.75 Å². The number of para-hydroxylation sites is 1. The van der Waals surface area contributed by atoms with E-state index < -0.39 is 0 Å². The van der Waals surface area contributed by atoms with Crippen molar-refractivity contribution >= 4 is 5.91 Å². The zero-order valence-electron chi connectivity index (χ0n) is 13.9. The van der Waals surface area contributed by atoms with E-state index in [0.717, 1.165) is 18.8 Å². The van der Waals surface area contributed by atoms with Crippen LogP contribution >= 0.6 is 0 Å². The molecule has 0 radical (unpaired) electrons. The van der Waals surface area contributed by atoms with Crippen LogP contribution in [0.3, 0.4) is 0 Å². The van der Waals surface area contributed by atoms with Crippen LogP contribution in [-0.4, -0.2) is 42.1 Å². The van der Waals surface area contributed by atoms with Gasteiger partial charge in [0, 0.05) is 25.1 Å². The zero-order chi connectivity index (χ0) is 17.5. The van der Waals surface area contributed by atoms with Gasteiger partial charge >= 0.3 is 0 Å². The number of aromatic nitrogens is 2.